The molecule has 0 fully saturated rings. The summed E-state index contributed by atoms with van der Waals surface area (Å²) in [4.78, 5) is 35.5. The first kappa shape index (κ1) is 22.9. The number of hydrogen-bond donors (Lipinski definition) is 3. The molecule has 0 radical (unpaired) electrons. The molecule has 3 atom stereocenters. The maximum Gasteiger partial charge on any atom is 0.407 e. The lowest BCUT2D eigenvalue weighted by Gasteiger charge is -2.21. The molecular formula is C19H25N3O6. The zero-order valence-electron chi connectivity index (χ0n) is 15.9. The van der Waals surface area contributed by atoms with Gasteiger partial charge in [0.25, 0.3) is 0 Å². The number of hydrogen-bond acceptors (Lipinski definition) is 7. The quantitative estimate of drug-likeness (QED) is 0.503. The highest BCUT2D eigenvalue weighted by molar-refractivity contribution is 5.84. The number of amides is 2. The summed E-state index contributed by atoms with van der Waals surface area (Å²) in [6, 6.07) is 10.0. The van der Waals surface area contributed by atoms with Crippen molar-refractivity contribution in [3.8, 4) is 6.07 Å². The monoisotopic (exact) mass is 391 g/mol. The Bertz CT molecular complexity index is 689. The number of nitrogens with zero attached hydrogens (tertiary/aromatic N) is 1. The van der Waals surface area contributed by atoms with Crippen LogP contribution in [-0.2, 0) is 25.7 Å². The van der Waals surface area contributed by atoms with Gasteiger partial charge in [-0.2, -0.15) is 5.26 Å². The largest absolute Gasteiger partial charge is 0.467 e. The fourth-order valence-electron chi connectivity index (χ4n) is 2.32. The first-order valence-electron chi connectivity index (χ1n) is 8.74. The van der Waals surface area contributed by atoms with Crippen LogP contribution in [-0.4, -0.2) is 48.9 Å². The van der Waals surface area contributed by atoms with Crippen molar-refractivity contribution in [3.05, 3.63) is 35.9 Å². The summed E-state index contributed by atoms with van der Waals surface area (Å²) in [6.45, 7) is 1.52. The van der Waals surface area contributed by atoms with Gasteiger partial charge in [0.1, 0.15) is 12.6 Å². The van der Waals surface area contributed by atoms with Gasteiger partial charge in [0.05, 0.1) is 25.7 Å². The molecule has 0 bridgehead atoms. The molecule has 0 aliphatic carbocycles. The Morgan fingerprint density at radius 3 is 2.54 bits per heavy atom. The number of methoxy groups -OCH3 is 1. The van der Waals surface area contributed by atoms with E-state index in [-0.39, 0.29) is 26.0 Å². The topological polar surface area (TPSA) is 138 Å². The van der Waals surface area contributed by atoms with E-state index in [0.717, 1.165) is 5.56 Å². The number of rotatable bonds is 10. The van der Waals surface area contributed by atoms with Gasteiger partial charge in [-0.1, -0.05) is 37.3 Å². The van der Waals surface area contributed by atoms with Gasteiger partial charge in [0.2, 0.25) is 5.91 Å². The van der Waals surface area contributed by atoms with E-state index < -0.39 is 36.0 Å². The first-order valence-corrected chi connectivity index (χ1v) is 8.74. The van der Waals surface area contributed by atoms with Crippen molar-refractivity contribution >= 4 is 18.0 Å². The van der Waals surface area contributed by atoms with Gasteiger partial charge in [0.15, 0.2) is 0 Å². The molecule has 0 aromatic heterocycles. The number of ether oxygens (including phenoxy) is 2. The number of alkyl carbamates (subject to hydrolysis) is 1. The molecule has 152 valence electrons. The van der Waals surface area contributed by atoms with Crippen molar-refractivity contribution in [3.63, 3.8) is 0 Å². The molecule has 0 unspecified atom stereocenters. The summed E-state index contributed by atoms with van der Waals surface area (Å²) in [5.41, 5.74) is 0.818. The maximum atomic E-state index is 12.0. The predicted octanol–water partition coefficient (Wildman–Crippen LogP) is 0.871. The van der Waals surface area contributed by atoms with Crippen LogP contribution < -0.4 is 10.6 Å². The smallest absolute Gasteiger partial charge is 0.407 e. The molecule has 0 heterocycles. The number of aliphatic hydroxyl groups is 1. The third kappa shape index (κ3) is 8.51. The van der Waals surface area contributed by atoms with Crippen molar-refractivity contribution in [1.82, 2.24) is 10.6 Å². The van der Waals surface area contributed by atoms with Crippen molar-refractivity contribution in [1.29, 1.82) is 5.26 Å². The standard InChI is InChI=1S/C19H25N3O6/c1-13(8-9-20)17(18(25)27-2)22-16(24)10-15(23)11-21-19(26)28-12-14-6-4-3-5-7-14/h3-7,13,15,17,23H,8,10-12H2,1-2H3,(H,21,26)(H,22,24)/t13-,15-,17+/m1/s1. The lowest BCUT2D eigenvalue weighted by Crippen LogP contribution is -2.47. The van der Waals surface area contributed by atoms with E-state index in [0.29, 0.717) is 0 Å². The summed E-state index contributed by atoms with van der Waals surface area (Å²) >= 11 is 0. The van der Waals surface area contributed by atoms with E-state index in [4.69, 9.17) is 10.00 Å². The predicted molar refractivity (Wildman–Crippen MR) is 98.6 cm³/mol. The van der Waals surface area contributed by atoms with Crippen LogP contribution in [0, 0.1) is 17.2 Å². The zero-order chi connectivity index (χ0) is 20.9. The van der Waals surface area contributed by atoms with Gasteiger partial charge < -0.3 is 25.2 Å². The lowest BCUT2D eigenvalue weighted by atomic mass is 9.98. The minimum Gasteiger partial charge on any atom is -0.467 e. The van der Waals surface area contributed by atoms with E-state index in [9.17, 15) is 19.5 Å². The van der Waals surface area contributed by atoms with Gasteiger partial charge in [-0.05, 0) is 5.56 Å². The third-order valence-corrected chi connectivity index (χ3v) is 3.87. The van der Waals surface area contributed by atoms with Crippen LogP contribution in [0.25, 0.3) is 0 Å². The normalized spacial score (nSPS) is 13.4. The minimum absolute atomic E-state index is 0.0530. The molecule has 1 rings (SSSR count). The van der Waals surface area contributed by atoms with Crippen molar-refractivity contribution in [2.75, 3.05) is 13.7 Å². The number of esters is 1. The zero-order valence-corrected chi connectivity index (χ0v) is 15.9. The molecule has 9 heteroatoms. The number of carbonyl (C=O) groups is 3. The van der Waals surface area contributed by atoms with Crippen LogP contribution in [0.2, 0.25) is 0 Å². The summed E-state index contributed by atoms with van der Waals surface area (Å²) in [5.74, 6) is -1.73. The molecular weight excluding hydrogens is 366 g/mol. The molecule has 0 saturated heterocycles. The van der Waals surface area contributed by atoms with Crippen molar-refractivity contribution in [2.45, 2.75) is 38.5 Å². The summed E-state index contributed by atoms with van der Waals surface area (Å²) in [5, 5.41) is 23.5. The van der Waals surface area contributed by atoms with E-state index >= 15 is 0 Å². The van der Waals surface area contributed by atoms with Crippen LogP contribution in [0.4, 0.5) is 4.79 Å². The van der Waals surface area contributed by atoms with Crippen LogP contribution >= 0.6 is 0 Å². The molecule has 0 saturated carbocycles. The number of nitrogens with one attached hydrogen (secondary N) is 2. The van der Waals surface area contributed by atoms with Gasteiger partial charge in [0, 0.05) is 18.9 Å². The maximum absolute atomic E-state index is 12.0. The van der Waals surface area contributed by atoms with Gasteiger partial charge >= 0.3 is 12.1 Å². The Kier molecular flexibility index (Phi) is 10.1. The Morgan fingerprint density at radius 1 is 1.25 bits per heavy atom. The van der Waals surface area contributed by atoms with Crippen LogP contribution in [0.1, 0.15) is 25.3 Å². The van der Waals surface area contributed by atoms with Crippen molar-refractivity contribution < 1.29 is 29.0 Å². The fourth-order valence-corrected chi connectivity index (χ4v) is 2.32. The molecule has 1 aromatic carbocycles. The molecule has 1 aromatic rings. The number of nitriles is 1. The molecule has 2 amide bonds. The first-order chi connectivity index (χ1) is 13.4. The summed E-state index contributed by atoms with van der Waals surface area (Å²) in [6.07, 6.45) is -2.18. The number of benzene rings is 1. The average Bonchev–Trinajstić information content (AvgIpc) is 2.69. The Balaban J connectivity index is 2.38. The second-order valence-electron chi connectivity index (χ2n) is 6.21. The number of carbonyl (C=O) groups excluding carboxylic acids is 3. The Morgan fingerprint density at radius 2 is 1.93 bits per heavy atom. The summed E-state index contributed by atoms with van der Waals surface area (Å²) in [7, 11) is 1.18. The van der Waals surface area contributed by atoms with Gasteiger partial charge in [-0.25, -0.2) is 9.59 Å². The highest BCUT2D eigenvalue weighted by Crippen LogP contribution is 2.10. The second-order valence-corrected chi connectivity index (χ2v) is 6.21. The SMILES string of the molecule is COC(=O)[C@@H](NC(=O)C[C@@H](O)CNC(=O)OCc1ccccc1)[C@H](C)CC#N. The Hall–Kier alpha value is -3.12. The van der Waals surface area contributed by atoms with Gasteiger partial charge in [-0.3, -0.25) is 4.79 Å². The van der Waals surface area contributed by atoms with Crippen molar-refractivity contribution in [2.24, 2.45) is 5.92 Å². The lowest BCUT2D eigenvalue weighted by molar-refractivity contribution is -0.146. The molecule has 3 N–H and O–H groups in total. The van der Waals surface area contributed by atoms with Crippen LogP contribution in [0.3, 0.4) is 0 Å². The highest BCUT2D eigenvalue weighted by Gasteiger charge is 2.28. The van der Waals surface area contributed by atoms with Crippen LogP contribution in [0.15, 0.2) is 30.3 Å². The minimum atomic E-state index is -1.17. The van der Waals surface area contributed by atoms with E-state index in [2.05, 4.69) is 15.4 Å². The molecule has 0 spiro atoms. The highest BCUT2D eigenvalue weighted by atomic mass is 16.5. The molecule has 0 aliphatic heterocycles. The average molecular weight is 391 g/mol. The fraction of sp³-hybridized carbons (Fsp3) is 0.474. The van der Waals surface area contributed by atoms with Crippen LogP contribution in [0.5, 0.6) is 0 Å². The second kappa shape index (κ2) is 12.3. The van der Waals surface area contributed by atoms with E-state index in [1.165, 1.54) is 7.11 Å². The Labute approximate surface area is 163 Å². The number of aliphatic hydroxyl groups excluding tert-OH is 1. The summed E-state index contributed by atoms with van der Waals surface area (Å²) < 4.78 is 9.63. The third-order valence-electron chi connectivity index (χ3n) is 3.87. The molecule has 0 aliphatic rings. The van der Waals surface area contributed by atoms with Gasteiger partial charge in [-0.15, -0.1) is 0 Å². The van der Waals surface area contributed by atoms with E-state index in [1.807, 2.05) is 24.3 Å². The molecule has 28 heavy (non-hydrogen) atoms. The molecule has 9 nitrogen and oxygen atoms in total. The van der Waals surface area contributed by atoms with E-state index in [1.54, 1.807) is 19.1 Å².